The van der Waals surface area contributed by atoms with Gasteiger partial charge >= 0.3 is 5.97 Å². The Kier molecular flexibility index (Phi) is 5.30. The average Bonchev–Trinajstić information content (AvgIpc) is 3.21. The van der Waals surface area contributed by atoms with Crippen LogP contribution in [0.15, 0.2) is 82.7 Å². The molecule has 0 bridgehead atoms. The van der Waals surface area contributed by atoms with Crippen molar-refractivity contribution in [1.82, 2.24) is 15.0 Å². The van der Waals surface area contributed by atoms with Gasteiger partial charge in [-0.1, -0.05) is 16.8 Å². The SMILES string of the molecule is O=C(O)c1ccc(-n2nnc(S(=O)(=O)c3ccc(Cl)cc3)c2-c2ccc(F)cc2)cc1. The Balaban J connectivity index is 1.93. The molecule has 1 heterocycles. The van der Waals surface area contributed by atoms with Crippen LogP contribution in [0.2, 0.25) is 5.02 Å². The maximum absolute atomic E-state index is 13.5. The van der Waals surface area contributed by atoms with Crippen molar-refractivity contribution in [3.05, 3.63) is 89.2 Å². The van der Waals surface area contributed by atoms with Gasteiger partial charge in [-0.15, -0.1) is 5.10 Å². The predicted octanol–water partition coefficient (Wildman–Crippen LogP) is 4.26. The summed E-state index contributed by atoms with van der Waals surface area (Å²) in [5.41, 5.74) is 0.912. The molecule has 1 aromatic heterocycles. The summed E-state index contributed by atoms with van der Waals surface area (Å²) < 4.78 is 41.3. The van der Waals surface area contributed by atoms with E-state index in [0.29, 0.717) is 16.3 Å². The Hall–Kier alpha value is -3.56. The van der Waals surface area contributed by atoms with E-state index in [0.717, 1.165) is 0 Å². The molecule has 0 atom stereocenters. The topological polar surface area (TPSA) is 102 Å². The van der Waals surface area contributed by atoms with E-state index in [-0.39, 0.29) is 21.2 Å². The van der Waals surface area contributed by atoms with E-state index in [9.17, 15) is 17.6 Å². The van der Waals surface area contributed by atoms with Crippen molar-refractivity contribution in [1.29, 1.82) is 0 Å². The number of carboxylic acids is 1. The summed E-state index contributed by atoms with van der Waals surface area (Å²) in [7, 11) is -4.09. The summed E-state index contributed by atoms with van der Waals surface area (Å²) in [5.74, 6) is -1.59. The molecule has 0 amide bonds. The summed E-state index contributed by atoms with van der Waals surface area (Å²) in [4.78, 5) is 11.1. The second-order valence-corrected chi connectivity index (χ2v) is 8.77. The Morgan fingerprint density at radius 1 is 0.935 bits per heavy atom. The lowest BCUT2D eigenvalue weighted by Gasteiger charge is -2.09. The van der Waals surface area contributed by atoms with Crippen LogP contribution in [-0.4, -0.2) is 34.5 Å². The first-order valence-electron chi connectivity index (χ1n) is 8.83. The highest BCUT2D eigenvalue weighted by atomic mass is 35.5. The largest absolute Gasteiger partial charge is 0.478 e. The number of benzene rings is 3. The second-order valence-electron chi connectivity index (χ2n) is 6.47. The molecule has 156 valence electrons. The van der Waals surface area contributed by atoms with Crippen LogP contribution in [0.5, 0.6) is 0 Å². The highest BCUT2D eigenvalue weighted by molar-refractivity contribution is 7.91. The predicted molar refractivity (Wildman–Crippen MR) is 111 cm³/mol. The number of carboxylic acid groups (broad SMARTS) is 1. The molecule has 4 aromatic rings. The van der Waals surface area contributed by atoms with Crippen molar-refractivity contribution < 1.29 is 22.7 Å². The first kappa shape index (κ1) is 20.7. The molecule has 3 aromatic carbocycles. The fraction of sp³-hybridized carbons (Fsp3) is 0. The molecule has 4 rings (SSSR count). The van der Waals surface area contributed by atoms with Gasteiger partial charge in [0.25, 0.3) is 0 Å². The third-order valence-electron chi connectivity index (χ3n) is 4.49. The van der Waals surface area contributed by atoms with Gasteiger partial charge in [0.1, 0.15) is 11.5 Å². The number of carbonyl (C=O) groups is 1. The molecule has 1 N–H and O–H groups in total. The molecule has 7 nitrogen and oxygen atoms in total. The van der Waals surface area contributed by atoms with Crippen LogP contribution in [0, 0.1) is 5.82 Å². The van der Waals surface area contributed by atoms with Crippen molar-refractivity contribution in [3.8, 4) is 16.9 Å². The van der Waals surface area contributed by atoms with E-state index in [4.69, 9.17) is 16.7 Å². The summed E-state index contributed by atoms with van der Waals surface area (Å²) in [6.45, 7) is 0. The Morgan fingerprint density at radius 3 is 2.13 bits per heavy atom. The average molecular weight is 458 g/mol. The zero-order valence-electron chi connectivity index (χ0n) is 15.6. The first-order chi connectivity index (χ1) is 14.8. The smallest absolute Gasteiger partial charge is 0.335 e. The van der Waals surface area contributed by atoms with E-state index in [1.807, 2.05) is 0 Å². The fourth-order valence-electron chi connectivity index (χ4n) is 2.95. The third kappa shape index (κ3) is 3.92. The minimum absolute atomic E-state index is 0.0338. The number of rotatable bonds is 5. The molecule has 10 heteroatoms. The maximum atomic E-state index is 13.5. The highest BCUT2D eigenvalue weighted by Crippen LogP contribution is 2.32. The molecule has 0 spiro atoms. The van der Waals surface area contributed by atoms with Gasteiger partial charge in [-0.05, 0) is 72.8 Å². The lowest BCUT2D eigenvalue weighted by Crippen LogP contribution is -2.06. The molecule has 0 saturated heterocycles. The van der Waals surface area contributed by atoms with E-state index in [1.165, 1.54) is 77.5 Å². The van der Waals surface area contributed by atoms with Gasteiger partial charge < -0.3 is 5.11 Å². The number of hydrogen-bond acceptors (Lipinski definition) is 5. The van der Waals surface area contributed by atoms with Crippen molar-refractivity contribution >= 4 is 27.4 Å². The van der Waals surface area contributed by atoms with Crippen molar-refractivity contribution in [2.45, 2.75) is 9.92 Å². The monoisotopic (exact) mass is 457 g/mol. The zero-order chi connectivity index (χ0) is 22.2. The standard InChI is InChI=1S/C21H13ClFN3O4S/c22-15-5-11-18(12-6-15)31(29,30)20-19(13-1-7-16(23)8-2-13)26(25-24-20)17-9-3-14(4-10-17)21(27)28/h1-12H,(H,27,28). The second kappa shape index (κ2) is 7.93. The van der Waals surface area contributed by atoms with E-state index in [2.05, 4.69) is 10.3 Å². The van der Waals surface area contributed by atoms with Crippen LogP contribution < -0.4 is 0 Å². The van der Waals surface area contributed by atoms with Crippen molar-refractivity contribution in [3.63, 3.8) is 0 Å². The molecule has 0 radical (unpaired) electrons. The number of hydrogen-bond donors (Lipinski definition) is 1. The number of aromatic carboxylic acids is 1. The molecular formula is C21H13ClFN3O4S. The van der Waals surface area contributed by atoms with Gasteiger partial charge in [0.05, 0.1) is 16.1 Å². The fourth-order valence-corrected chi connectivity index (χ4v) is 4.40. The van der Waals surface area contributed by atoms with Crippen LogP contribution in [0.25, 0.3) is 16.9 Å². The molecule has 0 aliphatic heterocycles. The first-order valence-corrected chi connectivity index (χ1v) is 10.7. The molecule has 0 unspecified atom stereocenters. The van der Waals surface area contributed by atoms with Gasteiger partial charge in [0, 0.05) is 10.6 Å². The Labute approximate surface area is 181 Å². The summed E-state index contributed by atoms with van der Waals surface area (Å²) in [6, 6.07) is 16.5. The molecule has 0 fully saturated rings. The zero-order valence-corrected chi connectivity index (χ0v) is 17.2. The van der Waals surface area contributed by atoms with Crippen molar-refractivity contribution in [2.75, 3.05) is 0 Å². The molecule has 31 heavy (non-hydrogen) atoms. The quantitative estimate of drug-likeness (QED) is 0.480. The summed E-state index contributed by atoms with van der Waals surface area (Å²) in [6.07, 6.45) is 0. The summed E-state index contributed by atoms with van der Waals surface area (Å²) in [5, 5.41) is 17.0. The van der Waals surface area contributed by atoms with Crippen LogP contribution in [0.4, 0.5) is 4.39 Å². The minimum atomic E-state index is -4.09. The van der Waals surface area contributed by atoms with E-state index >= 15 is 0 Å². The van der Waals surface area contributed by atoms with Crippen LogP contribution in [-0.2, 0) is 9.84 Å². The normalized spacial score (nSPS) is 11.4. The number of aromatic nitrogens is 3. The third-order valence-corrected chi connectivity index (χ3v) is 6.42. The molecule has 0 aliphatic carbocycles. The molecule has 0 aliphatic rings. The van der Waals surface area contributed by atoms with Crippen LogP contribution >= 0.6 is 11.6 Å². The lowest BCUT2D eigenvalue weighted by atomic mass is 10.1. The Bertz CT molecular complexity index is 1370. The molecule has 0 saturated carbocycles. The van der Waals surface area contributed by atoms with Crippen LogP contribution in [0.3, 0.4) is 0 Å². The number of sulfone groups is 1. The van der Waals surface area contributed by atoms with Crippen LogP contribution in [0.1, 0.15) is 10.4 Å². The van der Waals surface area contributed by atoms with E-state index in [1.54, 1.807) is 0 Å². The summed E-state index contributed by atoms with van der Waals surface area (Å²) >= 11 is 5.86. The number of nitrogens with zero attached hydrogens (tertiary/aromatic N) is 3. The van der Waals surface area contributed by atoms with Gasteiger partial charge in [-0.25, -0.2) is 22.3 Å². The van der Waals surface area contributed by atoms with Gasteiger partial charge in [-0.3, -0.25) is 0 Å². The number of halogens is 2. The molecular weight excluding hydrogens is 445 g/mol. The highest BCUT2D eigenvalue weighted by Gasteiger charge is 2.29. The van der Waals surface area contributed by atoms with Gasteiger partial charge in [0.2, 0.25) is 14.9 Å². The lowest BCUT2D eigenvalue weighted by molar-refractivity contribution is 0.0697. The Morgan fingerprint density at radius 2 is 1.55 bits per heavy atom. The van der Waals surface area contributed by atoms with Crippen molar-refractivity contribution in [2.24, 2.45) is 0 Å². The maximum Gasteiger partial charge on any atom is 0.335 e. The van der Waals surface area contributed by atoms with E-state index < -0.39 is 21.6 Å². The van der Waals surface area contributed by atoms with Gasteiger partial charge in [0.15, 0.2) is 0 Å². The van der Waals surface area contributed by atoms with Gasteiger partial charge in [-0.2, -0.15) is 0 Å². The minimum Gasteiger partial charge on any atom is -0.478 e.